The number of carbonyl (C=O) groups excluding carboxylic acids is 1. The number of hydrogen-bond donors (Lipinski definition) is 1. The van der Waals surface area contributed by atoms with Gasteiger partial charge in [-0.3, -0.25) is 4.90 Å². The monoisotopic (exact) mass is 263 g/mol. The molecule has 0 aliphatic carbocycles. The highest BCUT2D eigenvalue weighted by Gasteiger charge is 2.25. The molecule has 0 aromatic heterocycles. The average Bonchev–Trinajstić information content (AvgIpc) is 2.43. The van der Waals surface area contributed by atoms with Crippen LogP contribution in [-0.2, 0) is 4.74 Å². The molecule has 0 spiro atoms. The summed E-state index contributed by atoms with van der Waals surface area (Å²) in [4.78, 5) is 24.1. The molecule has 100 valence electrons. The van der Waals surface area contributed by atoms with Crippen LogP contribution in [0.1, 0.15) is 10.4 Å². The van der Waals surface area contributed by atoms with Crippen molar-refractivity contribution >= 4 is 17.7 Å². The summed E-state index contributed by atoms with van der Waals surface area (Å²) in [6.07, 6.45) is 0.972. The first kappa shape index (κ1) is 12.9. The molecule has 1 N–H and O–H groups in total. The molecule has 0 saturated carbocycles. The van der Waals surface area contributed by atoms with E-state index in [1.165, 1.54) is 29.2 Å². The van der Waals surface area contributed by atoms with Crippen molar-refractivity contribution < 1.29 is 24.2 Å². The van der Waals surface area contributed by atoms with Crippen molar-refractivity contribution in [3.05, 3.63) is 36.4 Å². The topological polar surface area (TPSA) is 76.1 Å². The Kier molecular flexibility index (Phi) is 3.70. The van der Waals surface area contributed by atoms with Crippen LogP contribution in [0.3, 0.4) is 0 Å². The van der Waals surface area contributed by atoms with Gasteiger partial charge in [-0.25, -0.2) is 9.59 Å². The molecule has 1 aliphatic rings. The number of ether oxygens (including phenoxy) is 2. The van der Waals surface area contributed by atoms with E-state index in [1.807, 2.05) is 0 Å². The Balaban J connectivity index is 2.26. The van der Waals surface area contributed by atoms with E-state index >= 15 is 0 Å². The summed E-state index contributed by atoms with van der Waals surface area (Å²) in [5, 5.41) is 8.91. The van der Waals surface area contributed by atoms with Crippen molar-refractivity contribution in [1.29, 1.82) is 0 Å². The van der Waals surface area contributed by atoms with Crippen molar-refractivity contribution in [2.24, 2.45) is 0 Å². The van der Waals surface area contributed by atoms with Crippen LogP contribution in [0.4, 0.5) is 10.5 Å². The Morgan fingerprint density at radius 2 is 2.32 bits per heavy atom. The standard InChI is InChI=1S/C13H13NO5/c1-2-6-19-13(17)14-5-7-18-11-8-9(12(15)16)3-4-10(11)14/h2-4,8H,1,5-7H2,(H,15,16). The molecule has 1 amide bonds. The minimum absolute atomic E-state index is 0.111. The minimum Gasteiger partial charge on any atom is -0.490 e. The van der Waals surface area contributed by atoms with Gasteiger partial charge >= 0.3 is 12.1 Å². The van der Waals surface area contributed by atoms with Gasteiger partial charge in [-0.1, -0.05) is 12.7 Å². The molecule has 1 aromatic carbocycles. The molecule has 19 heavy (non-hydrogen) atoms. The number of nitrogens with zero attached hydrogens (tertiary/aromatic N) is 1. The number of carboxylic acids is 1. The lowest BCUT2D eigenvalue weighted by molar-refractivity contribution is 0.0696. The molecule has 0 bridgehead atoms. The molecule has 0 atom stereocenters. The molecular weight excluding hydrogens is 250 g/mol. The van der Waals surface area contributed by atoms with Crippen LogP contribution < -0.4 is 9.64 Å². The third-order valence-corrected chi connectivity index (χ3v) is 2.62. The van der Waals surface area contributed by atoms with Gasteiger partial charge in [0, 0.05) is 0 Å². The van der Waals surface area contributed by atoms with E-state index in [2.05, 4.69) is 6.58 Å². The fourth-order valence-electron chi connectivity index (χ4n) is 1.75. The molecule has 2 rings (SSSR count). The molecular formula is C13H13NO5. The summed E-state index contributed by atoms with van der Waals surface area (Å²) < 4.78 is 10.3. The number of fused-ring (bicyclic) bond motifs is 1. The lowest BCUT2D eigenvalue weighted by Crippen LogP contribution is -2.38. The van der Waals surface area contributed by atoms with E-state index in [9.17, 15) is 9.59 Å². The van der Waals surface area contributed by atoms with E-state index in [-0.39, 0.29) is 12.2 Å². The second-order valence-corrected chi connectivity index (χ2v) is 3.85. The zero-order valence-electron chi connectivity index (χ0n) is 10.2. The zero-order valence-corrected chi connectivity index (χ0v) is 10.2. The van der Waals surface area contributed by atoms with Gasteiger partial charge in [-0.15, -0.1) is 0 Å². The van der Waals surface area contributed by atoms with Crippen LogP contribution in [-0.4, -0.2) is 36.9 Å². The third kappa shape index (κ3) is 2.67. The smallest absolute Gasteiger partial charge is 0.414 e. The largest absolute Gasteiger partial charge is 0.490 e. The number of amides is 1. The minimum atomic E-state index is -1.04. The van der Waals surface area contributed by atoms with Gasteiger partial charge in [0.1, 0.15) is 19.0 Å². The number of carbonyl (C=O) groups is 2. The van der Waals surface area contributed by atoms with Gasteiger partial charge in [0.15, 0.2) is 0 Å². The van der Waals surface area contributed by atoms with Crippen LogP contribution in [0, 0.1) is 0 Å². The Bertz CT molecular complexity index is 526. The molecule has 0 radical (unpaired) electrons. The van der Waals surface area contributed by atoms with E-state index < -0.39 is 12.1 Å². The third-order valence-electron chi connectivity index (χ3n) is 2.62. The van der Waals surface area contributed by atoms with E-state index in [4.69, 9.17) is 14.6 Å². The molecule has 6 heteroatoms. The van der Waals surface area contributed by atoms with E-state index in [0.29, 0.717) is 24.6 Å². The summed E-state index contributed by atoms with van der Waals surface area (Å²) in [5.41, 5.74) is 0.616. The highest BCUT2D eigenvalue weighted by molar-refractivity contribution is 5.93. The normalized spacial score (nSPS) is 13.2. The van der Waals surface area contributed by atoms with Crippen molar-refractivity contribution in [2.75, 3.05) is 24.7 Å². The predicted molar refractivity (Wildman–Crippen MR) is 67.8 cm³/mol. The van der Waals surface area contributed by atoms with E-state index in [0.717, 1.165) is 0 Å². The molecule has 6 nitrogen and oxygen atoms in total. The first-order valence-electron chi connectivity index (χ1n) is 5.69. The highest BCUT2D eigenvalue weighted by Crippen LogP contribution is 2.32. The number of rotatable bonds is 3. The van der Waals surface area contributed by atoms with Crippen molar-refractivity contribution in [1.82, 2.24) is 0 Å². The Hall–Kier alpha value is -2.50. The van der Waals surface area contributed by atoms with Crippen LogP contribution in [0.2, 0.25) is 0 Å². The molecule has 0 unspecified atom stereocenters. The van der Waals surface area contributed by atoms with Gasteiger partial charge in [0.25, 0.3) is 0 Å². The first-order chi connectivity index (χ1) is 9.13. The van der Waals surface area contributed by atoms with Crippen LogP contribution in [0.25, 0.3) is 0 Å². The molecule has 0 fully saturated rings. The summed E-state index contributed by atoms with van der Waals surface area (Å²) in [6.45, 7) is 4.24. The summed E-state index contributed by atoms with van der Waals surface area (Å²) in [5.74, 6) is -0.681. The Labute approximate surface area is 109 Å². The van der Waals surface area contributed by atoms with Crippen molar-refractivity contribution in [3.63, 3.8) is 0 Å². The predicted octanol–water partition coefficient (Wildman–Crippen LogP) is 1.91. The van der Waals surface area contributed by atoms with Gasteiger partial charge in [-0.05, 0) is 18.2 Å². The maximum atomic E-state index is 11.8. The first-order valence-corrected chi connectivity index (χ1v) is 5.69. The lowest BCUT2D eigenvalue weighted by Gasteiger charge is -2.28. The molecule has 1 aliphatic heterocycles. The van der Waals surface area contributed by atoms with Crippen molar-refractivity contribution in [2.45, 2.75) is 0 Å². The maximum absolute atomic E-state index is 11.8. The van der Waals surface area contributed by atoms with Crippen molar-refractivity contribution in [3.8, 4) is 5.75 Å². The van der Waals surface area contributed by atoms with Crippen LogP contribution in [0.15, 0.2) is 30.9 Å². The Morgan fingerprint density at radius 1 is 1.53 bits per heavy atom. The maximum Gasteiger partial charge on any atom is 0.414 e. The molecule has 0 saturated heterocycles. The number of carboxylic acid groups (broad SMARTS) is 1. The van der Waals surface area contributed by atoms with Gasteiger partial charge in [-0.2, -0.15) is 0 Å². The second kappa shape index (κ2) is 5.43. The fraction of sp³-hybridized carbons (Fsp3) is 0.231. The highest BCUT2D eigenvalue weighted by atomic mass is 16.6. The van der Waals surface area contributed by atoms with E-state index in [1.54, 1.807) is 0 Å². The number of hydrogen-bond acceptors (Lipinski definition) is 4. The summed E-state index contributed by atoms with van der Waals surface area (Å²) in [6, 6.07) is 4.35. The number of benzene rings is 1. The number of anilines is 1. The Morgan fingerprint density at radius 3 is 3.00 bits per heavy atom. The number of aromatic carboxylic acids is 1. The fourth-order valence-corrected chi connectivity index (χ4v) is 1.75. The molecule has 1 aromatic rings. The van der Waals surface area contributed by atoms with Crippen LogP contribution in [0.5, 0.6) is 5.75 Å². The quantitative estimate of drug-likeness (QED) is 0.843. The summed E-state index contributed by atoms with van der Waals surface area (Å²) >= 11 is 0. The van der Waals surface area contributed by atoms with Crippen LogP contribution >= 0.6 is 0 Å². The zero-order chi connectivity index (χ0) is 13.8. The molecule has 1 heterocycles. The van der Waals surface area contributed by atoms with Gasteiger partial charge < -0.3 is 14.6 Å². The van der Waals surface area contributed by atoms with Gasteiger partial charge in [0.05, 0.1) is 17.8 Å². The van der Waals surface area contributed by atoms with Gasteiger partial charge in [0.2, 0.25) is 0 Å². The average molecular weight is 263 g/mol. The second-order valence-electron chi connectivity index (χ2n) is 3.85. The SMILES string of the molecule is C=CCOC(=O)N1CCOc2cc(C(=O)O)ccc21. The summed E-state index contributed by atoms with van der Waals surface area (Å²) in [7, 11) is 0. The lowest BCUT2D eigenvalue weighted by atomic mass is 10.1.